The van der Waals surface area contributed by atoms with Crippen molar-refractivity contribution in [2.75, 3.05) is 12.4 Å². The smallest absolute Gasteiger partial charge is 0.261 e. The number of amides is 1. The SMILES string of the molecule is COc1cccc2c(=O)c(C(=O)Nc3ccc(Br)cc3)c[nH]c12. The second kappa shape index (κ2) is 6.26. The Kier molecular flexibility index (Phi) is 4.16. The number of nitrogens with one attached hydrogen (secondary N) is 2. The predicted molar refractivity (Wildman–Crippen MR) is 93.2 cm³/mol. The molecule has 0 radical (unpaired) electrons. The predicted octanol–water partition coefficient (Wildman–Crippen LogP) is 3.55. The zero-order valence-corrected chi connectivity index (χ0v) is 13.8. The molecule has 0 bridgehead atoms. The van der Waals surface area contributed by atoms with Crippen molar-refractivity contribution in [3.8, 4) is 5.75 Å². The minimum Gasteiger partial charge on any atom is -0.495 e. The second-order valence-electron chi connectivity index (χ2n) is 4.88. The molecule has 0 aliphatic heterocycles. The molecule has 6 heteroatoms. The fraction of sp³-hybridized carbons (Fsp3) is 0.0588. The number of hydrogen-bond donors (Lipinski definition) is 2. The molecule has 0 saturated carbocycles. The van der Waals surface area contributed by atoms with Crippen molar-refractivity contribution < 1.29 is 9.53 Å². The molecule has 2 aromatic carbocycles. The van der Waals surface area contributed by atoms with Gasteiger partial charge in [0.25, 0.3) is 5.91 Å². The molecule has 5 nitrogen and oxygen atoms in total. The van der Waals surface area contributed by atoms with Crippen LogP contribution in [0.5, 0.6) is 5.75 Å². The van der Waals surface area contributed by atoms with E-state index < -0.39 is 5.91 Å². The number of H-pyrrole nitrogens is 1. The highest BCUT2D eigenvalue weighted by Gasteiger charge is 2.14. The molecule has 116 valence electrons. The van der Waals surface area contributed by atoms with Gasteiger partial charge in [0.2, 0.25) is 5.43 Å². The van der Waals surface area contributed by atoms with Crippen molar-refractivity contribution in [2.24, 2.45) is 0 Å². The van der Waals surface area contributed by atoms with Crippen LogP contribution in [0.25, 0.3) is 10.9 Å². The summed E-state index contributed by atoms with van der Waals surface area (Å²) < 4.78 is 6.12. The zero-order valence-electron chi connectivity index (χ0n) is 12.2. The minimum absolute atomic E-state index is 0.0497. The molecule has 23 heavy (non-hydrogen) atoms. The van der Waals surface area contributed by atoms with E-state index >= 15 is 0 Å². The van der Waals surface area contributed by atoms with Gasteiger partial charge in [-0.25, -0.2) is 0 Å². The average molecular weight is 373 g/mol. The Morgan fingerprint density at radius 2 is 1.91 bits per heavy atom. The summed E-state index contributed by atoms with van der Waals surface area (Å²) in [5, 5.41) is 3.12. The maximum Gasteiger partial charge on any atom is 0.261 e. The molecule has 0 unspecified atom stereocenters. The van der Waals surface area contributed by atoms with Crippen LogP contribution in [-0.2, 0) is 0 Å². The molecule has 0 fully saturated rings. The molecule has 0 saturated heterocycles. The summed E-state index contributed by atoms with van der Waals surface area (Å²) >= 11 is 3.33. The van der Waals surface area contributed by atoms with E-state index in [1.54, 1.807) is 30.3 Å². The standard InChI is InChI=1S/C17H13BrN2O3/c1-23-14-4-2-3-12-15(14)19-9-13(16(12)21)17(22)20-11-7-5-10(18)6-8-11/h2-9H,1H3,(H,19,21)(H,20,22). The van der Waals surface area contributed by atoms with Crippen LogP contribution in [0, 0.1) is 0 Å². The monoisotopic (exact) mass is 372 g/mol. The first-order chi connectivity index (χ1) is 11.1. The van der Waals surface area contributed by atoms with Gasteiger partial charge in [-0.2, -0.15) is 0 Å². The van der Waals surface area contributed by atoms with Gasteiger partial charge in [-0.15, -0.1) is 0 Å². The van der Waals surface area contributed by atoms with Crippen LogP contribution in [0.4, 0.5) is 5.69 Å². The Balaban J connectivity index is 1.99. The first-order valence-electron chi connectivity index (χ1n) is 6.85. The molecule has 0 atom stereocenters. The third-order valence-corrected chi connectivity index (χ3v) is 3.97. The van der Waals surface area contributed by atoms with Crippen molar-refractivity contribution >= 4 is 38.4 Å². The van der Waals surface area contributed by atoms with E-state index in [0.717, 1.165) is 4.47 Å². The van der Waals surface area contributed by atoms with Gasteiger partial charge >= 0.3 is 0 Å². The molecule has 3 rings (SSSR count). The van der Waals surface area contributed by atoms with Crippen molar-refractivity contribution in [3.63, 3.8) is 0 Å². The normalized spacial score (nSPS) is 10.5. The first kappa shape index (κ1) is 15.3. The summed E-state index contributed by atoms with van der Waals surface area (Å²) in [5.41, 5.74) is 0.893. The first-order valence-corrected chi connectivity index (χ1v) is 7.65. The lowest BCUT2D eigenvalue weighted by atomic mass is 10.1. The van der Waals surface area contributed by atoms with Gasteiger partial charge in [0.1, 0.15) is 11.3 Å². The van der Waals surface area contributed by atoms with Crippen LogP contribution in [0.15, 0.2) is 57.9 Å². The van der Waals surface area contributed by atoms with Crippen LogP contribution < -0.4 is 15.5 Å². The number of para-hydroxylation sites is 1. The third-order valence-electron chi connectivity index (χ3n) is 3.44. The van der Waals surface area contributed by atoms with Crippen molar-refractivity contribution in [3.05, 3.63) is 68.9 Å². The van der Waals surface area contributed by atoms with Gasteiger partial charge < -0.3 is 15.0 Å². The maximum atomic E-state index is 12.5. The molecule has 1 aromatic heterocycles. The Morgan fingerprint density at radius 1 is 1.17 bits per heavy atom. The van der Waals surface area contributed by atoms with Gasteiger partial charge in [0.15, 0.2) is 0 Å². The van der Waals surface area contributed by atoms with E-state index in [0.29, 0.717) is 22.3 Å². The number of carbonyl (C=O) groups is 1. The second-order valence-corrected chi connectivity index (χ2v) is 5.79. The minimum atomic E-state index is -0.460. The lowest BCUT2D eigenvalue weighted by molar-refractivity contribution is 0.102. The Hall–Kier alpha value is -2.60. The van der Waals surface area contributed by atoms with E-state index in [-0.39, 0.29) is 11.0 Å². The Labute approximate surface area is 140 Å². The molecule has 0 aliphatic carbocycles. The fourth-order valence-electron chi connectivity index (χ4n) is 2.29. The summed E-state index contributed by atoms with van der Waals surface area (Å²) in [6.45, 7) is 0. The van der Waals surface area contributed by atoms with Crippen LogP contribution in [0.3, 0.4) is 0 Å². The number of carbonyl (C=O) groups excluding carboxylic acids is 1. The summed E-state index contributed by atoms with van der Waals surface area (Å²) in [6.07, 6.45) is 1.40. The number of fused-ring (bicyclic) bond motifs is 1. The summed E-state index contributed by atoms with van der Waals surface area (Å²) in [5.74, 6) is 0.0951. The topological polar surface area (TPSA) is 71.2 Å². The highest BCUT2D eigenvalue weighted by atomic mass is 79.9. The highest BCUT2D eigenvalue weighted by Crippen LogP contribution is 2.21. The number of ether oxygens (including phenoxy) is 1. The number of benzene rings is 2. The van der Waals surface area contributed by atoms with Crippen molar-refractivity contribution in [2.45, 2.75) is 0 Å². The van der Waals surface area contributed by atoms with Gasteiger partial charge in [-0.1, -0.05) is 22.0 Å². The number of aromatic amines is 1. The van der Waals surface area contributed by atoms with Crippen LogP contribution in [0.2, 0.25) is 0 Å². The largest absolute Gasteiger partial charge is 0.495 e. The van der Waals surface area contributed by atoms with Gasteiger partial charge in [-0.05, 0) is 36.4 Å². The van der Waals surface area contributed by atoms with Crippen LogP contribution >= 0.6 is 15.9 Å². The highest BCUT2D eigenvalue weighted by molar-refractivity contribution is 9.10. The van der Waals surface area contributed by atoms with Crippen molar-refractivity contribution in [1.82, 2.24) is 4.98 Å². The molecular formula is C17H13BrN2O3. The summed E-state index contributed by atoms with van der Waals surface area (Å²) in [6, 6.07) is 12.2. The Morgan fingerprint density at radius 3 is 2.61 bits per heavy atom. The van der Waals surface area contributed by atoms with E-state index in [1.165, 1.54) is 13.3 Å². The molecule has 0 aliphatic rings. The lowest BCUT2D eigenvalue weighted by Gasteiger charge is -2.08. The van der Waals surface area contributed by atoms with Gasteiger partial charge in [-0.3, -0.25) is 9.59 Å². The van der Waals surface area contributed by atoms with E-state index in [1.807, 2.05) is 12.1 Å². The van der Waals surface area contributed by atoms with Crippen molar-refractivity contribution in [1.29, 1.82) is 0 Å². The number of rotatable bonds is 3. The molecule has 2 N–H and O–H groups in total. The van der Waals surface area contributed by atoms with E-state index in [2.05, 4.69) is 26.2 Å². The average Bonchev–Trinajstić information content (AvgIpc) is 2.57. The zero-order chi connectivity index (χ0) is 16.4. The van der Waals surface area contributed by atoms with Gasteiger partial charge in [0.05, 0.1) is 18.0 Å². The molecule has 3 aromatic rings. The van der Waals surface area contributed by atoms with Crippen LogP contribution in [0.1, 0.15) is 10.4 Å². The molecule has 1 amide bonds. The number of aromatic nitrogens is 1. The fourth-order valence-corrected chi connectivity index (χ4v) is 2.56. The number of anilines is 1. The molecule has 1 heterocycles. The summed E-state index contributed by atoms with van der Waals surface area (Å²) in [7, 11) is 1.53. The summed E-state index contributed by atoms with van der Waals surface area (Å²) in [4.78, 5) is 27.8. The molecular weight excluding hydrogens is 360 g/mol. The quantitative estimate of drug-likeness (QED) is 0.738. The van der Waals surface area contributed by atoms with Gasteiger partial charge in [0, 0.05) is 16.4 Å². The number of halogens is 1. The number of hydrogen-bond acceptors (Lipinski definition) is 3. The number of pyridine rings is 1. The van der Waals surface area contributed by atoms with Crippen LogP contribution in [-0.4, -0.2) is 18.0 Å². The number of methoxy groups -OCH3 is 1. The van der Waals surface area contributed by atoms with E-state index in [4.69, 9.17) is 4.74 Å². The lowest BCUT2D eigenvalue weighted by Crippen LogP contribution is -2.22. The van der Waals surface area contributed by atoms with E-state index in [9.17, 15) is 9.59 Å². The maximum absolute atomic E-state index is 12.5. The molecule has 0 spiro atoms. The third kappa shape index (κ3) is 2.98. The Bertz CT molecular complexity index is 933.